The molecular weight excluding hydrogens is 310 g/mol. The molecule has 3 atom stereocenters. The van der Waals surface area contributed by atoms with Crippen molar-refractivity contribution in [3.8, 4) is 6.07 Å². The van der Waals surface area contributed by atoms with Crippen molar-refractivity contribution in [2.45, 2.75) is 26.5 Å². The lowest BCUT2D eigenvalue weighted by Gasteiger charge is -2.24. The van der Waals surface area contributed by atoms with Crippen LogP contribution in [0.5, 0.6) is 0 Å². The molecule has 0 N–H and O–H groups in total. The van der Waals surface area contributed by atoms with Crippen LogP contribution in [0.3, 0.4) is 0 Å². The van der Waals surface area contributed by atoms with Crippen LogP contribution >= 0.6 is 0 Å². The van der Waals surface area contributed by atoms with Crippen molar-refractivity contribution in [2.75, 3.05) is 13.1 Å². The summed E-state index contributed by atoms with van der Waals surface area (Å²) in [6.45, 7) is 3.88. The molecule has 2 rings (SSSR count). The number of nitro groups is 1. The molecule has 0 saturated carbocycles. The number of carbonyl (C=O) groups is 1. The maximum atomic E-state index is 12.4. The van der Waals surface area contributed by atoms with E-state index in [0.717, 1.165) is 5.56 Å². The Bertz CT molecular complexity index is 626. The fourth-order valence-corrected chi connectivity index (χ4v) is 3.38. The third kappa shape index (κ3) is 4.02. The van der Waals surface area contributed by atoms with Gasteiger partial charge in [-0.2, -0.15) is 5.26 Å². The van der Waals surface area contributed by atoms with E-state index in [9.17, 15) is 20.2 Å². The van der Waals surface area contributed by atoms with E-state index < -0.39 is 12.1 Å². The molecule has 7 heteroatoms. The molecule has 1 aromatic carbocycles. The first-order chi connectivity index (χ1) is 11.4. The van der Waals surface area contributed by atoms with E-state index in [2.05, 4.69) is 6.07 Å². The maximum Gasteiger partial charge on any atom is 0.411 e. The van der Waals surface area contributed by atoms with Gasteiger partial charge in [-0.15, -0.1) is 0 Å². The van der Waals surface area contributed by atoms with E-state index >= 15 is 0 Å². The zero-order valence-corrected chi connectivity index (χ0v) is 13.8. The minimum Gasteiger partial charge on any atom is -0.445 e. The van der Waals surface area contributed by atoms with Gasteiger partial charge in [-0.1, -0.05) is 44.2 Å². The van der Waals surface area contributed by atoms with Crippen molar-refractivity contribution in [3.63, 3.8) is 0 Å². The molecule has 0 radical (unpaired) electrons. The predicted molar refractivity (Wildman–Crippen MR) is 86.4 cm³/mol. The molecule has 0 spiro atoms. The van der Waals surface area contributed by atoms with Gasteiger partial charge in [0.15, 0.2) is 0 Å². The summed E-state index contributed by atoms with van der Waals surface area (Å²) < 4.78 is 5.29. The number of ether oxygens (including phenoxy) is 1. The van der Waals surface area contributed by atoms with Crippen molar-refractivity contribution in [3.05, 3.63) is 46.0 Å². The Hall–Kier alpha value is -2.62. The molecular formula is C17H21N3O4. The molecule has 24 heavy (non-hydrogen) atoms. The van der Waals surface area contributed by atoms with Gasteiger partial charge < -0.3 is 4.74 Å². The van der Waals surface area contributed by atoms with E-state index in [4.69, 9.17) is 4.74 Å². The van der Waals surface area contributed by atoms with Crippen molar-refractivity contribution in [1.29, 1.82) is 5.26 Å². The Morgan fingerprint density at radius 1 is 1.46 bits per heavy atom. The number of amides is 1. The summed E-state index contributed by atoms with van der Waals surface area (Å²) in [5, 5.41) is 20.4. The zero-order valence-electron chi connectivity index (χ0n) is 13.8. The second-order valence-corrected chi connectivity index (χ2v) is 6.36. The number of hydrogen-bond donors (Lipinski definition) is 0. The first-order valence-corrected chi connectivity index (χ1v) is 7.92. The van der Waals surface area contributed by atoms with Gasteiger partial charge in [0.25, 0.3) is 0 Å². The van der Waals surface area contributed by atoms with Crippen LogP contribution in [0, 0.1) is 39.2 Å². The van der Waals surface area contributed by atoms with Crippen LogP contribution in [0.4, 0.5) is 4.79 Å². The van der Waals surface area contributed by atoms with Crippen LogP contribution in [0.1, 0.15) is 19.4 Å². The lowest BCUT2D eigenvalue weighted by atomic mass is 9.82. The molecule has 1 saturated heterocycles. The quantitative estimate of drug-likeness (QED) is 0.610. The average Bonchev–Trinajstić information content (AvgIpc) is 2.91. The molecule has 1 aliphatic rings. The third-order valence-electron chi connectivity index (χ3n) is 4.40. The molecule has 1 aliphatic heterocycles. The Kier molecular flexibility index (Phi) is 5.74. The smallest absolute Gasteiger partial charge is 0.411 e. The summed E-state index contributed by atoms with van der Waals surface area (Å²) >= 11 is 0. The normalized spacial score (nSPS) is 23.1. The molecule has 1 amide bonds. The number of carbonyl (C=O) groups excluding carboxylic acids is 1. The lowest BCUT2D eigenvalue weighted by Crippen LogP contribution is -2.38. The highest BCUT2D eigenvalue weighted by Crippen LogP contribution is 2.35. The Labute approximate surface area is 141 Å². The molecule has 0 aliphatic carbocycles. The SMILES string of the molecule is CC(C)[C@H]1C(C#N)N(C(=O)OCc2ccccc2)C[C@H]1C[N+](=O)[O-]. The third-order valence-corrected chi connectivity index (χ3v) is 4.40. The molecule has 1 fully saturated rings. The standard InChI is InChI=1S/C17H21N3O4/c1-12(2)16-14(10-20(22)23)9-19(15(16)8-18)17(21)24-11-13-6-4-3-5-7-13/h3-7,12,14-16H,9-11H2,1-2H3/t14-,15?,16+/m0/s1. The molecule has 7 nitrogen and oxygen atoms in total. The van der Waals surface area contributed by atoms with Gasteiger partial charge in [-0.05, 0) is 11.5 Å². The highest BCUT2D eigenvalue weighted by Gasteiger charge is 2.48. The summed E-state index contributed by atoms with van der Waals surface area (Å²) in [5.74, 6) is -0.509. The minimum absolute atomic E-state index is 0.0616. The molecule has 1 heterocycles. The lowest BCUT2D eigenvalue weighted by molar-refractivity contribution is -0.489. The maximum absolute atomic E-state index is 12.4. The largest absolute Gasteiger partial charge is 0.445 e. The Balaban J connectivity index is 2.08. The number of likely N-dealkylation sites (tertiary alicyclic amines) is 1. The van der Waals surface area contributed by atoms with E-state index in [0.29, 0.717) is 0 Å². The molecule has 0 aromatic heterocycles. The van der Waals surface area contributed by atoms with E-state index in [-0.39, 0.29) is 42.4 Å². The second-order valence-electron chi connectivity index (χ2n) is 6.36. The van der Waals surface area contributed by atoms with Gasteiger partial charge in [0.1, 0.15) is 12.6 Å². The van der Waals surface area contributed by atoms with Gasteiger partial charge in [0.2, 0.25) is 6.54 Å². The number of hydrogen-bond acceptors (Lipinski definition) is 5. The molecule has 1 unspecified atom stereocenters. The number of benzene rings is 1. The Morgan fingerprint density at radius 2 is 2.12 bits per heavy atom. The van der Waals surface area contributed by atoms with Gasteiger partial charge in [-0.25, -0.2) is 4.79 Å². The van der Waals surface area contributed by atoms with Crippen LogP contribution in [0.2, 0.25) is 0 Å². The van der Waals surface area contributed by atoms with Crippen molar-refractivity contribution >= 4 is 6.09 Å². The number of nitriles is 1. The monoisotopic (exact) mass is 331 g/mol. The van der Waals surface area contributed by atoms with E-state index in [1.54, 1.807) is 0 Å². The predicted octanol–water partition coefficient (Wildman–Crippen LogP) is 2.70. The second kappa shape index (κ2) is 7.77. The van der Waals surface area contributed by atoms with Crippen LogP contribution in [0.25, 0.3) is 0 Å². The van der Waals surface area contributed by atoms with E-state index in [1.165, 1.54) is 4.90 Å². The summed E-state index contributed by atoms with van der Waals surface area (Å²) in [6.07, 6.45) is -0.595. The minimum atomic E-state index is -0.696. The Morgan fingerprint density at radius 3 is 2.67 bits per heavy atom. The van der Waals surface area contributed by atoms with Gasteiger partial charge in [-0.3, -0.25) is 15.0 Å². The summed E-state index contributed by atoms with van der Waals surface area (Å²) in [4.78, 5) is 24.2. The fourth-order valence-electron chi connectivity index (χ4n) is 3.38. The van der Waals surface area contributed by atoms with Crippen molar-refractivity contribution in [2.24, 2.45) is 17.8 Å². The first-order valence-electron chi connectivity index (χ1n) is 7.92. The number of rotatable bonds is 5. The van der Waals surface area contributed by atoms with Gasteiger partial charge in [0.05, 0.1) is 6.07 Å². The molecule has 1 aromatic rings. The van der Waals surface area contributed by atoms with E-state index in [1.807, 2.05) is 44.2 Å². The summed E-state index contributed by atoms with van der Waals surface area (Å²) in [7, 11) is 0. The topological polar surface area (TPSA) is 96.5 Å². The van der Waals surface area contributed by atoms with Crippen molar-refractivity contribution < 1.29 is 14.5 Å². The fraction of sp³-hybridized carbons (Fsp3) is 0.529. The molecule has 128 valence electrons. The van der Waals surface area contributed by atoms with Crippen LogP contribution in [-0.4, -0.2) is 35.0 Å². The average molecular weight is 331 g/mol. The van der Waals surface area contributed by atoms with Crippen LogP contribution < -0.4 is 0 Å². The van der Waals surface area contributed by atoms with Crippen molar-refractivity contribution in [1.82, 2.24) is 4.90 Å². The number of nitrogens with zero attached hydrogens (tertiary/aromatic N) is 3. The summed E-state index contributed by atoms with van der Waals surface area (Å²) in [6, 6.07) is 10.7. The molecule has 0 bridgehead atoms. The summed E-state index contributed by atoms with van der Waals surface area (Å²) in [5.41, 5.74) is 0.848. The highest BCUT2D eigenvalue weighted by atomic mass is 16.6. The zero-order chi connectivity index (χ0) is 17.7. The van der Waals surface area contributed by atoms with Gasteiger partial charge >= 0.3 is 6.09 Å². The first kappa shape index (κ1) is 17.7. The van der Waals surface area contributed by atoms with Crippen LogP contribution in [0.15, 0.2) is 30.3 Å². The van der Waals surface area contributed by atoms with Crippen LogP contribution in [-0.2, 0) is 11.3 Å². The highest BCUT2D eigenvalue weighted by molar-refractivity contribution is 5.69. The van der Waals surface area contributed by atoms with Gasteiger partial charge in [0, 0.05) is 23.3 Å².